The van der Waals surface area contributed by atoms with Crippen LogP contribution in [0.5, 0.6) is 5.75 Å². The molecule has 1 saturated heterocycles. The summed E-state index contributed by atoms with van der Waals surface area (Å²) in [6, 6.07) is 7.22. The van der Waals surface area contributed by atoms with Crippen LogP contribution in [-0.2, 0) is 4.79 Å². The molecule has 5 heteroatoms. The SMILES string of the molecule is O=C(O)CC1CCN(c2nccc3ccc(O)cc23)CC1. The van der Waals surface area contributed by atoms with Crippen LogP contribution >= 0.6 is 0 Å². The molecule has 1 aromatic heterocycles. The van der Waals surface area contributed by atoms with E-state index in [1.807, 2.05) is 12.1 Å². The topological polar surface area (TPSA) is 73.7 Å². The highest BCUT2D eigenvalue weighted by Crippen LogP contribution is 2.31. The van der Waals surface area contributed by atoms with Gasteiger partial charge in [0.25, 0.3) is 0 Å². The molecule has 0 aliphatic carbocycles. The van der Waals surface area contributed by atoms with Crippen LogP contribution in [0.3, 0.4) is 0 Å². The number of carbonyl (C=O) groups is 1. The first-order valence-electron chi connectivity index (χ1n) is 7.18. The van der Waals surface area contributed by atoms with Gasteiger partial charge in [0.2, 0.25) is 0 Å². The Morgan fingerprint density at radius 1 is 1.29 bits per heavy atom. The first kappa shape index (κ1) is 13.7. The maximum atomic E-state index is 10.8. The number of aliphatic carboxylic acids is 1. The molecule has 0 spiro atoms. The van der Waals surface area contributed by atoms with Gasteiger partial charge in [0.1, 0.15) is 11.6 Å². The Kier molecular flexibility index (Phi) is 3.64. The van der Waals surface area contributed by atoms with Crippen LogP contribution in [0.4, 0.5) is 5.82 Å². The largest absolute Gasteiger partial charge is 0.508 e. The van der Waals surface area contributed by atoms with Crippen LogP contribution < -0.4 is 4.90 Å². The first-order valence-corrected chi connectivity index (χ1v) is 7.18. The lowest BCUT2D eigenvalue weighted by Crippen LogP contribution is -2.35. The standard InChI is InChI=1S/C16H18N2O3/c19-13-2-1-12-3-6-17-16(14(12)10-13)18-7-4-11(5-8-18)9-15(20)21/h1-3,6,10-11,19H,4-5,7-9H2,(H,20,21). The second kappa shape index (κ2) is 5.60. The number of pyridine rings is 1. The van der Waals surface area contributed by atoms with Crippen LogP contribution in [0.2, 0.25) is 0 Å². The van der Waals surface area contributed by atoms with Gasteiger partial charge in [-0.25, -0.2) is 4.98 Å². The highest BCUT2D eigenvalue weighted by Gasteiger charge is 2.23. The van der Waals surface area contributed by atoms with Gasteiger partial charge in [-0.2, -0.15) is 0 Å². The molecule has 2 N–H and O–H groups in total. The number of hydrogen-bond acceptors (Lipinski definition) is 4. The summed E-state index contributed by atoms with van der Waals surface area (Å²) in [6.45, 7) is 1.61. The average molecular weight is 286 g/mol. The van der Waals surface area contributed by atoms with E-state index < -0.39 is 5.97 Å². The Labute approximate surface area is 122 Å². The summed E-state index contributed by atoms with van der Waals surface area (Å²) in [7, 11) is 0. The van der Waals surface area contributed by atoms with E-state index in [1.165, 1.54) is 0 Å². The number of hydrogen-bond donors (Lipinski definition) is 2. The predicted molar refractivity (Wildman–Crippen MR) is 80.6 cm³/mol. The second-order valence-electron chi connectivity index (χ2n) is 5.57. The van der Waals surface area contributed by atoms with Crippen molar-refractivity contribution in [3.05, 3.63) is 30.5 Å². The summed E-state index contributed by atoms with van der Waals surface area (Å²) < 4.78 is 0. The molecular weight excluding hydrogens is 268 g/mol. The third kappa shape index (κ3) is 2.91. The number of carboxylic acid groups (broad SMARTS) is 1. The number of phenols is 1. The minimum Gasteiger partial charge on any atom is -0.508 e. The lowest BCUT2D eigenvalue weighted by molar-refractivity contribution is -0.138. The van der Waals surface area contributed by atoms with Crippen LogP contribution in [0.15, 0.2) is 30.5 Å². The van der Waals surface area contributed by atoms with Crippen molar-refractivity contribution in [2.45, 2.75) is 19.3 Å². The summed E-state index contributed by atoms with van der Waals surface area (Å²) in [5.74, 6) is 0.637. The van der Waals surface area contributed by atoms with Gasteiger partial charge in [-0.1, -0.05) is 6.07 Å². The van der Waals surface area contributed by atoms with Crippen molar-refractivity contribution < 1.29 is 15.0 Å². The number of aromatic hydroxyl groups is 1. The number of anilines is 1. The molecule has 1 aliphatic heterocycles. The van der Waals surface area contributed by atoms with E-state index in [1.54, 1.807) is 18.3 Å². The number of phenolic OH excluding ortho intramolecular Hbond substituents is 1. The van der Waals surface area contributed by atoms with Gasteiger partial charge in [0.05, 0.1) is 0 Å². The zero-order valence-electron chi connectivity index (χ0n) is 11.7. The van der Waals surface area contributed by atoms with Crippen molar-refractivity contribution in [3.8, 4) is 5.75 Å². The van der Waals surface area contributed by atoms with Gasteiger partial charge in [0, 0.05) is 31.1 Å². The normalized spacial score (nSPS) is 16.3. The fraction of sp³-hybridized carbons (Fsp3) is 0.375. The van der Waals surface area contributed by atoms with E-state index >= 15 is 0 Å². The van der Waals surface area contributed by atoms with E-state index in [2.05, 4.69) is 9.88 Å². The number of piperidine rings is 1. The molecular formula is C16H18N2O3. The van der Waals surface area contributed by atoms with Crippen LogP contribution in [0, 0.1) is 5.92 Å². The highest BCUT2D eigenvalue weighted by atomic mass is 16.4. The zero-order valence-corrected chi connectivity index (χ0v) is 11.7. The molecule has 2 aromatic rings. The molecule has 0 unspecified atom stereocenters. The second-order valence-corrected chi connectivity index (χ2v) is 5.57. The predicted octanol–water partition coefficient (Wildman–Crippen LogP) is 2.63. The Morgan fingerprint density at radius 3 is 2.76 bits per heavy atom. The van der Waals surface area contributed by atoms with Gasteiger partial charge in [-0.15, -0.1) is 0 Å². The molecule has 0 atom stereocenters. The fourth-order valence-electron chi connectivity index (χ4n) is 2.99. The molecule has 1 aliphatic rings. The van der Waals surface area contributed by atoms with E-state index in [0.29, 0.717) is 0 Å². The maximum absolute atomic E-state index is 10.8. The van der Waals surface area contributed by atoms with E-state index in [0.717, 1.165) is 42.5 Å². The number of benzene rings is 1. The van der Waals surface area contributed by atoms with Crippen molar-refractivity contribution in [1.82, 2.24) is 4.98 Å². The summed E-state index contributed by atoms with van der Waals surface area (Å²) in [5.41, 5.74) is 0. The average Bonchev–Trinajstić information content (AvgIpc) is 2.47. The molecule has 3 rings (SSSR count). The molecule has 0 saturated carbocycles. The molecule has 0 radical (unpaired) electrons. The van der Waals surface area contributed by atoms with Crippen molar-refractivity contribution in [2.24, 2.45) is 5.92 Å². The van der Waals surface area contributed by atoms with Crippen LogP contribution in [-0.4, -0.2) is 34.3 Å². The monoisotopic (exact) mass is 286 g/mol. The highest BCUT2D eigenvalue weighted by molar-refractivity contribution is 5.93. The number of aromatic nitrogens is 1. The minimum absolute atomic E-state index is 0.234. The fourth-order valence-corrected chi connectivity index (χ4v) is 2.99. The summed E-state index contributed by atoms with van der Waals surface area (Å²) in [4.78, 5) is 17.4. The first-order chi connectivity index (χ1) is 10.1. The summed E-state index contributed by atoms with van der Waals surface area (Å²) in [6.07, 6.45) is 3.75. The molecule has 1 fully saturated rings. The number of rotatable bonds is 3. The van der Waals surface area contributed by atoms with Gasteiger partial charge in [-0.05, 0) is 42.3 Å². The van der Waals surface area contributed by atoms with Gasteiger partial charge < -0.3 is 15.1 Å². The molecule has 0 amide bonds. The Bertz CT molecular complexity index is 664. The Morgan fingerprint density at radius 2 is 2.05 bits per heavy atom. The van der Waals surface area contributed by atoms with Crippen molar-refractivity contribution in [2.75, 3.05) is 18.0 Å². The molecule has 5 nitrogen and oxygen atoms in total. The molecule has 1 aromatic carbocycles. The smallest absolute Gasteiger partial charge is 0.303 e. The molecule has 2 heterocycles. The van der Waals surface area contributed by atoms with Crippen molar-refractivity contribution in [1.29, 1.82) is 0 Å². The quantitative estimate of drug-likeness (QED) is 0.907. The molecule has 0 bridgehead atoms. The van der Waals surface area contributed by atoms with Gasteiger partial charge in [-0.3, -0.25) is 4.79 Å². The van der Waals surface area contributed by atoms with E-state index in [-0.39, 0.29) is 18.1 Å². The molecule has 21 heavy (non-hydrogen) atoms. The number of fused-ring (bicyclic) bond motifs is 1. The Hall–Kier alpha value is -2.30. The summed E-state index contributed by atoms with van der Waals surface area (Å²) >= 11 is 0. The number of carboxylic acids is 1. The maximum Gasteiger partial charge on any atom is 0.303 e. The van der Waals surface area contributed by atoms with E-state index in [4.69, 9.17) is 5.11 Å². The summed E-state index contributed by atoms with van der Waals surface area (Å²) in [5, 5.41) is 20.5. The van der Waals surface area contributed by atoms with Gasteiger partial charge in [0.15, 0.2) is 0 Å². The lowest BCUT2D eigenvalue weighted by atomic mass is 9.93. The Balaban J connectivity index is 1.82. The van der Waals surface area contributed by atoms with Crippen molar-refractivity contribution >= 4 is 22.6 Å². The van der Waals surface area contributed by atoms with Gasteiger partial charge >= 0.3 is 5.97 Å². The van der Waals surface area contributed by atoms with Crippen molar-refractivity contribution in [3.63, 3.8) is 0 Å². The third-order valence-corrected chi connectivity index (χ3v) is 4.11. The van der Waals surface area contributed by atoms with Crippen LogP contribution in [0.1, 0.15) is 19.3 Å². The molecule has 110 valence electrons. The number of nitrogens with zero attached hydrogens (tertiary/aromatic N) is 2. The van der Waals surface area contributed by atoms with E-state index in [9.17, 15) is 9.90 Å². The minimum atomic E-state index is -0.721. The third-order valence-electron chi connectivity index (χ3n) is 4.11. The van der Waals surface area contributed by atoms with Crippen LogP contribution in [0.25, 0.3) is 10.8 Å². The zero-order chi connectivity index (χ0) is 14.8. The lowest BCUT2D eigenvalue weighted by Gasteiger charge is -2.32.